The van der Waals surface area contributed by atoms with Crippen molar-refractivity contribution in [3.8, 4) is 22.5 Å². The van der Waals surface area contributed by atoms with Crippen molar-refractivity contribution in [3.05, 3.63) is 77.5 Å². The van der Waals surface area contributed by atoms with E-state index in [-0.39, 0.29) is 16.8 Å². The molecular formula is C25H23F2N3O3. The van der Waals surface area contributed by atoms with Crippen LogP contribution in [0.15, 0.2) is 54.6 Å². The minimum Gasteiger partial charge on any atom is -0.479 e. The summed E-state index contributed by atoms with van der Waals surface area (Å²) < 4.78 is 36.0. The number of aryl methyl sites for hydroxylation is 1. The summed E-state index contributed by atoms with van der Waals surface area (Å²) in [7, 11) is 0. The van der Waals surface area contributed by atoms with Crippen molar-refractivity contribution in [2.45, 2.75) is 39.4 Å². The number of aliphatic carboxylic acids is 1. The third-order valence-corrected chi connectivity index (χ3v) is 5.04. The average Bonchev–Trinajstić information content (AvgIpc) is 3.15. The van der Waals surface area contributed by atoms with Crippen LogP contribution in [0.25, 0.3) is 28.2 Å². The molecular weight excluding hydrogens is 428 g/mol. The van der Waals surface area contributed by atoms with E-state index in [1.807, 2.05) is 30.3 Å². The highest BCUT2D eigenvalue weighted by Gasteiger charge is 2.33. The zero-order valence-electron chi connectivity index (χ0n) is 18.6. The number of nitrogens with zero attached hydrogens (tertiary/aromatic N) is 3. The average molecular weight is 451 g/mol. The number of fused-ring (bicyclic) bond motifs is 1. The number of halogens is 2. The van der Waals surface area contributed by atoms with Gasteiger partial charge >= 0.3 is 5.97 Å². The highest BCUT2D eigenvalue weighted by atomic mass is 19.1. The van der Waals surface area contributed by atoms with E-state index in [1.165, 1.54) is 10.6 Å². The zero-order chi connectivity index (χ0) is 23.9. The van der Waals surface area contributed by atoms with Crippen LogP contribution in [0.3, 0.4) is 0 Å². The third-order valence-electron chi connectivity index (χ3n) is 5.04. The second-order valence-electron chi connectivity index (χ2n) is 8.70. The van der Waals surface area contributed by atoms with Gasteiger partial charge < -0.3 is 9.84 Å². The molecule has 0 amide bonds. The van der Waals surface area contributed by atoms with Gasteiger partial charge in [-0.3, -0.25) is 0 Å². The smallest absolute Gasteiger partial charge is 0.337 e. The van der Waals surface area contributed by atoms with Gasteiger partial charge in [0, 0.05) is 34.5 Å². The van der Waals surface area contributed by atoms with Gasteiger partial charge in [0.25, 0.3) is 0 Å². The molecule has 0 aliphatic carbocycles. The molecule has 1 N–H and O–H groups in total. The maximum Gasteiger partial charge on any atom is 0.337 e. The Balaban J connectivity index is 2.08. The Morgan fingerprint density at radius 2 is 1.79 bits per heavy atom. The van der Waals surface area contributed by atoms with Gasteiger partial charge in [0.1, 0.15) is 11.6 Å². The lowest BCUT2D eigenvalue weighted by molar-refractivity contribution is -0.160. The maximum atomic E-state index is 15.0. The van der Waals surface area contributed by atoms with Gasteiger partial charge in [0.2, 0.25) is 0 Å². The molecule has 8 heteroatoms. The number of carboxylic acids is 1. The molecule has 0 radical (unpaired) electrons. The van der Waals surface area contributed by atoms with E-state index >= 15 is 4.39 Å². The predicted octanol–water partition coefficient (Wildman–Crippen LogP) is 5.59. The lowest BCUT2D eigenvalue weighted by atomic mass is 9.98. The Morgan fingerprint density at radius 1 is 1.09 bits per heavy atom. The molecule has 33 heavy (non-hydrogen) atoms. The van der Waals surface area contributed by atoms with Gasteiger partial charge in [-0.15, -0.1) is 0 Å². The molecule has 0 saturated carbocycles. The summed E-state index contributed by atoms with van der Waals surface area (Å²) in [5, 5.41) is 14.6. The number of hydrogen-bond acceptors (Lipinski definition) is 4. The summed E-state index contributed by atoms with van der Waals surface area (Å²) in [6.45, 7) is 6.81. The number of carbonyl (C=O) groups is 1. The van der Waals surface area contributed by atoms with Crippen LogP contribution >= 0.6 is 0 Å². The van der Waals surface area contributed by atoms with E-state index in [0.717, 1.165) is 17.7 Å². The SMILES string of the molecule is Cc1nc2cc(-c3ccccc3)nn2c(-c2ccc(F)cc2F)c1C(OC(C)(C)C)C(=O)O. The summed E-state index contributed by atoms with van der Waals surface area (Å²) in [5.41, 5.74) is 1.61. The number of benzene rings is 2. The van der Waals surface area contributed by atoms with Crippen molar-refractivity contribution in [2.24, 2.45) is 0 Å². The molecule has 0 saturated heterocycles. The van der Waals surface area contributed by atoms with Crippen molar-refractivity contribution in [1.29, 1.82) is 0 Å². The molecule has 170 valence electrons. The Morgan fingerprint density at radius 3 is 2.39 bits per heavy atom. The number of ether oxygens (including phenoxy) is 1. The van der Waals surface area contributed by atoms with Crippen LogP contribution in [0.1, 0.15) is 38.1 Å². The molecule has 0 bridgehead atoms. The number of hydrogen-bond donors (Lipinski definition) is 1. The van der Waals surface area contributed by atoms with E-state index < -0.39 is 29.3 Å². The first-order chi connectivity index (χ1) is 15.5. The van der Waals surface area contributed by atoms with Crippen LogP contribution in [0, 0.1) is 18.6 Å². The van der Waals surface area contributed by atoms with Gasteiger partial charge in [0.15, 0.2) is 11.8 Å². The standard InChI is InChI=1S/C25H23F2N3O3/c1-14-21(23(24(31)32)33-25(2,3)4)22(17-11-10-16(26)12-18(17)27)30-20(28-14)13-19(29-30)15-8-6-5-7-9-15/h5-13,23H,1-4H3,(H,31,32). The summed E-state index contributed by atoms with van der Waals surface area (Å²) in [6, 6.07) is 14.2. The van der Waals surface area contributed by atoms with Crippen molar-refractivity contribution in [2.75, 3.05) is 0 Å². The van der Waals surface area contributed by atoms with Gasteiger partial charge in [-0.25, -0.2) is 23.1 Å². The largest absolute Gasteiger partial charge is 0.479 e. The molecule has 4 aromatic rings. The summed E-state index contributed by atoms with van der Waals surface area (Å²) in [4.78, 5) is 16.8. The van der Waals surface area contributed by atoms with Gasteiger partial charge in [-0.2, -0.15) is 5.10 Å². The van der Waals surface area contributed by atoms with Crippen molar-refractivity contribution in [3.63, 3.8) is 0 Å². The Labute approximate surface area is 189 Å². The normalized spacial score (nSPS) is 12.8. The predicted molar refractivity (Wildman–Crippen MR) is 120 cm³/mol. The fourth-order valence-electron chi connectivity index (χ4n) is 3.72. The summed E-state index contributed by atoms with van der Waals surface area (Å²) in [5.74, 6) is -2.85. The Kier molecular flexibility index (Phi) is 5.71. The second-order valence-corrected chi connectivity index (χ2v) is 8.70. The van der Waals surface area contributed by atoms with Gasteiger partial charge in [-0.05, 0) is 39.8 Å². The molecule has 2 aromatic heterocycles. The summed E-state index contributed by atoms with van der Waals surface area (Å²) >= 11 is 0. The molecule has 0 aliphatic rings. The van der Waals surface area contributed by atoms with Crippen molar-refractivity contribution in [1.82, 2.24) is 14.6 Å². The lowest BCUT2D eigenvalue weighted by Gasteiger charge is -2.27. The molecule has 2 heterocycles. The molecule has 6 nitrogen and oxygen atoms in total. The molecule has 2 aromatic carbocycles. The van der Waals surface area contributed by atoms with Crippen molar-refractivity contribution >= 4 is 11.6 Å². The molecule has 4 rings (SSSR count). The van der Waals surface area contributed by atoms with Crippen LogP contribution in [0.2, 0.25) is 0 Å². The number of aromatic nitrogens is 3. The highest BCUT2D eigenvalue weighted by Crippen LogP contribution is 2.37. The molecule has 0 aliphatic heterocycles. The van der Waals surface area contributed by atoms with E-state index in [2.05, 4.69) is 10.1 Å². The Bertz CT molecular complexity index is 1340. The minimum atomic E-state index is -1.45. The maximum absolute atomic E-state index is 15.0. The zero-order valence-corrected chi connectivity index (χ0v) is 18.6. The number of carboxylic acid groups (broad SMARTS) is 1. The fourth-order valence-corrected chi connectivity index (χ4v) is 3.72. The fraction of sp³-hybridized carbons (Fsp3) is 0.240. The van der Waals surface area contributed by atoms with Crippen LogP contribution in [-0.2, 0) is 9.53 Å². The highest BCUT2D eigenvalue weighted by molar-refractivity contribution is 5.81. The second kappa shape index (κ2) is 8.37. The van der Waals surface area contributed by atoms with Crippen LogP contribution < -0.4 is 0 Å². The van der Waals surface area contributed by atoms with E-state index in [1.54, 1.807) is 33.8 Å². The van der Waals surface area contributed by atoms with Crippen LogP contribution in [-0.4, -0.2) is 31.3 Å². The quantitative estimate of drug-likeness (QED) is 0.428. The number of rotatable bonds is 5. The Hall–Kier alpha value is -3.65. The third kappa shape index (κ3) is 4.47. The van der Waals surface area contributed by atoms with Crippen molar-refractivity contribution < 1.29 is 23.4 Å². The molecule has 1 atom stereocenters. The lowest BCUT2D eigenvalue weighted by Crippen LogP contribution is -2.29. The topological polar surface area (TPSA) is 76.7 Å². The van der Waals surface area contributed by atoms with Gasteiger partial charge in [-0.1, -0.05) is 30.3 Å². The summed E-state index contributed by atoms with van der Waals surface area (Å²) in [6.07, 6.45) is -1.45. The minimum absolute atomic E-state index is 0.00614. The first kappa shape index (κ1) is 22.5. The molecule has 0 spiro atoms. The van der Waals surface area contributed by atoms with E-state index in [9.17, 15) is 14.3 Å². The van der Waals surface area contributed by atoms with Crippen LogP contribution in [0.4, 0.5) is 8.78 Å². The molecule has 0 fully saturated rings. The monoisotopic (exact) mass is 451 g/mol. The first-order valence-corrected chi connectivity index (χ1v) is 10.4. The molecule has 1 unspecified atom stereocenters. The van der Waals surface area contributed by atoms with E-state index in [0.29, 0.717) is 17.0 Å². The first-order valence-electron chi connectivity index (χ1n) is 10.4. The van der Waals surface area contributed by atoms with E-state index in [4.69, 9.17) is 4.74 Å². The van der Waals surface area contributed by atoms with Gasteiger partial charge in [0.05, 0.1) is 17.0 Å². The van der Waals surface area contributed by atoms with Crippen LogP contribution in [0.5, 0.6) is 0 Å².